The standard InChI is InChI=1S/C21H21F2N3O2/c1-28-13-12-26(21(27)16-6-8-18(22)9-7-16)15-20-24-10-11-25(20)14-17-4-2-3-5-19(17)23/h2-11H,12-15H2,1H3. The average Bonchev–Trinajstić information content (AvgIpc) is 3.13. The molecule has 7 heteroatoms. The molecule has 0 aliphatic rings. The molecule has 0 N–H and O–H groups in total. The van der Waals surface area contributed by atoms with E-state index >= 15 is 0 Å². The lowest BCUT2D eigenvalue weighted by Crippen LogP contribution is -2.34. The van der Waals surface area contributed by atoms with Gasteiger partial charge in [0.2, 0.25) is 0 Å². The molecule has 0 spiro atoms. The van der Waals surface area contributed by atoms with Crippen LogP contribution in [0.15, 0.2) is 60.9 Å². The molecule has 0 saturated carbocycles. The first-order valence-corrected chi connectivity index (χ1v) is 8.85. The summed E-state index contributed by atoms with van der Waals surface area (Å²) < 4.78 is 34.1. The van der Waals surface area contributed by atoms with E-state index in [1.54, 1.807) is 47.2 Å². The molecule has 0 aliphatic carbocycles. The van der Waals surface area contributed by atoms with E-state index in [-0.39, 0.29) is 18.3 Å². The number of ether oxygens (including phenoxy) is 1. The summed E-state index contributed by atoms with van der Waals surface area (Å²) in [4.78, 5) is 18.8. The normalized spacial score (nSPS) is 10.8. The molecule has 1 aromatic heterocycles. The molecule has 0 bridgehead atoms. The molecular formula is C21H21F2N3O2. The van der Waals surface area contributed by atoms with Crippen molar-refractivity contribution in [3.05, 3.63) is 89.5 Å². The zero-order chi connectivity index (χ0) is 19.9. The topological polar surface area (TPSA) is 47.4 Å². The highest BCUT2D eigenvalue weighted by molar-refractivity contribution is 5.94. The Morgan fingerprint density at radius 2 is 1.89 bits per heavy atom. The fourth-order valence-electron chi connectivity index (χ4n) is 2.85. The number of benzene rings is 2. The lowest BCUT2D eigenvalue weighted by Gasteiger charge is -2.23. The van der Waals surface area contributed by atoms with Gasteiger partial charge in [0.15, 0.2) is 0 Å². The van der Waals surface area contributed by atoms with E-state index in [0.29, 0.717) is 36.6 Å². The number of imidazole rings is 1. The number of methoxy groups -OCH3 is 1. The first-order valence-electron chi connectivity index (χ1n) is 8.85. The highest BCUT2D eigenvalue weighted by Gasteiger charge is 2.18. The number of carbonyl (C=O) groups is 1. The van der Waals surface area contributed by atoms with Gasteiger partial charge < -0.3 is 14.2 Å². The van der Waals surface area contributed by atoms with Gasteiger partial charge in [0.05, 0.1) is 19.7 Å². The maximum atomic E-state index is 14.0. The molecule has 0 atom stereocenters. The molecule has 0 fully saturated rings. The minimum atomic E-state index is -0.402. The van der Waals surface area contributed by atoms with Gasteiger partial charge in [-0.05, 0) is 30.3 Å². The molecule has 0 saturated heterocycles. The number of halogens is 2. The van der Waals surface area contributed by atoms with Crippen LogP contribution in [-0.2, 0) is 17.8 Å². The van der Waals surface area contributed by atoms with Crippen molar-refractivity contribution in [3.63, 3.8) is 0 Å². The van der Waals surface area contributed by atoms with Crippen LogP contribution < -0.4 is 0 Å². The largest absolute Gasteiger partial charge is 0.383 e. The van der Waals surface area contributed by atoms with Crippen LogP contribution in [-0.4, -0.2) is 40.6 Å². The Kier molecular flexibility index (Phi) is 6.49. The van der Waals surface area contributed by atoms with Crippen LogP contribution in [0.1, 0.15) is 21.7 Å². The maximum absolute atomic E-state index is 14.0. The smallest absolute Gasteiger partial charge is 0.254 e. The van der Waals surface area contributed by atoms with Crippen molar-refractivity contribution in [2.45, 2.75) is 13.1 Å². The molecule has 2 aromatic carbocycles. The van der Waals surface area contributed by atoms with Gasteiger partial charge in [-0.25, -0.2) is 13.8 Å². The first kappa shape index (κ1) is 19.7. The number of hydrogen-bond donors (Lipinski definition) is 0. The summed E-state index contributed by atoms with van der Waals surface area (Å²) in [6.07, 6.45) is 3.37. The third-order valence-electron chi connectivity index (χ3n) is 4.38. The summed E-state index contributed by atoms with van der Waals surface area (Å²) in [5.74, 6) is -0.325. The quantitative estimate of drug-likeness (QED) is 0.596. The summed E-state index contributed by atoms with van der Waals surface area (Å²) in [7, 11) is 1.56. The minimum Gasteiger partial charge on any atom is -0.383 e. The molecule has 1 amide bonds. The van der Waals surface area contributed by atoms with Crippen LogP contribution in [0.2, 0.25) is 0 Å². The minimum absolute atomic E-state index is 0.223. The number of rotatable bonds is 8. The van der Waals surface area contributed by atoms with Crippen LogP contribution in [0, 0.1) is 11.6 Å². The van der Waals surface area contributed by atoms with Crippen molar-refractivity contribution >= 4 is 5.91 Å². The van der Waals surface area contributed by atoms with Crippen LogP contribution in [0.5, 0.6) is 0 Å². The molecule has 0 radical (unpaired) electrons. The molecule has 146 valence electrons. The zero-order valence-corrected chi connectivity index (χ0v) is 15.5. The number of carbonyl (C=O) groups excluding carboxylic acids is 1. The van der Waals surface area contributed by atoms with Crippen molar-refractivity contribution in [1.82, 2.24) is 14.5 Å². The van der Waals surface area contributed by atoms with Gasteiger partial charge in [-0.1, -0.05) is 18.2 Å². The van der Waals surface area contributed by atoms with Crippen LogP contribution in [0.25, 0.3) is 0 Å². The van der Waals surface area contributed by atoms with Crippen LogP contribution in [0.4, 0.5) is 8.78 Å². The third-order valence-corrected chi connectivity index (χ3v) is 4.38. The van der Waals surface area contributed by atoms with Gasteiger partial charge >= 0.3 is 0 Å². The molecule has 3 rings (SSSR count). The van der Waals surface area contributed by atoms with E-state index in [1.807, 2.05) is 0 Å². The van der Waals surface area contributed by atoms with Gasteiger partial charge in [-0.2, -0.15) is 0 Å². The van der Waals surface area contributed by atoms with E-state index in [9.17, 15) is 13.6 Å². The zero-order valence-electron chi connectivity index (χ0n) is 15.5. The van der Waals surface area contributed by atoms with Crippen molar-refractivity contribution in [1.29, 1.82) is 0 Å². The molecule has 1 heterocycles. The van der Waals surface area contributed by atoms with E-state index in [1.165, 1.54) is 30.3 Å². The Labute approximate surface area is 162 Å². The highest BCUT2D eigenvalue weighted by Crippen LogP contribution is 2.14. The Morgan fingerprint density at radius 1 is 1.14 bits per heavy atom. The van der Waals surface area contributed by atoms with Gasteiger partial charge in [-0.15, -0.1) is 0 Å². The second-order valence-corrected chi connectivity index (χ2v) is 6.29. The van der Waals surface area contributed by atoms with E-state index in [2.05, 4.69) is 4.98 Å². The molecule has 3 aromatic rings. The van der Waals surface area contributed by atoms with Gasteiger partial charge in [0.1, 0.15) is 17.5 Å². The molecule has 0 unspecified atom stereocenters. The van der Waals surface area contributed by atoms with Crippen molar-refractivity contribution in [2.75, 3.05) is 20.3 Å². The fourth-order valence-corrected chi connectivity index (χ4v) is 2.85. The maximum Gasteiger partial charge on any atom is 0.254 e. The van der Waals surface area contributed by atoms with Gasteiger partial charge in [-0.3, -0.25) is 4.79 Å². The molecular weight excluding hydrogens is 364 g/mol. The monoisotopic (exact) mass is 385 g/mol. The number of aromatic nitrogens is 2. The molecule has 28 heavy (non-hydrogen) atoms. The summed E-state index contributed by atoms with van der Waals surface area (Å²) in [6.45, 7) is 1.23. The first-order chi connectivity index (χ1) is 13.6. The predicted molar refractivity (Wildman–Crippen MR) is 101 cm³/mol. The summed E-state index contributed by atoms with van der Waals surface area (Å²) in [6, 6.07) is 11.9. The molecule has 5 nitrogen and oxygen atoms in total. The number of hydrogen-bond acceptors (Lipinski definition) is 3. The number of nitrogens with zero attached hydrogens (tertiary/aromatic N) is 3. The predicted octanol–water partition coefficient (Wildman–Crippen LogP) is 3.50. The second kappa shape index (κ2) is 9.23. The van der Waals surface area contributed by atoms with Crippen molar-refractivity contribution < 1.29 is 18.3 Å². The SMILES string of the molecule is COCCN(Cc1nccn1Cc1ccccc1F)C(=O)c1ccc(F)cc1. The summed E-state index contributed by atoms with van der Waals surface area (Å²) in [5.41, 5.74) is 0.916. The average molecular weight is 385 g/mol. The van der Waals surface area contributed by atoms with E-state index in [0.717, 1.165) is 0 Å². The number of amides is 1. The second-order valence-electron chi connectivity index (χ2n) is 6.29. The van der Waals surface area contributed by atoms with Crippen LogP contribution in [0.3, 0.4) is 0 Å². The van der Waals surface area contributed by atoms with E-state index in [4.69, 9.17) is 4.74 Å². The molecule has 0 aliphatic heterocycles. The Hall–Kier alpha value is -3.06. The van der Waals surface area contributed by atoms with Crippen molar-refractivity contribution in [2.24, 2.45) is 0 Å². The Bertz CT molecular complexity index is 925. The fraction of sp³-hybridized carbons (Fsp3) is 0.238. The third kappa shape index (κ3) is 4.80. The van der Waals surface area contributed by atoms with E-state index < -0.39 is 5.82 Å². The van der Waals surface area contributed by atoms with Gasteiger partial charge in [0, 0.05) is 37.2 Å². The highest BCUT2D eigenvalue weighted by atomic mass is 19.1. The summed E-state index contributed by atoms with van der Waals surface area (Å²) in [5, 5.41) is 0. The lowest BCUT2D eigenvalue weighted by molar-refractivity contribution is 0.0673. The van der Waals surface area contributed by atoms with Gasteiger partial charge in [0.25, 0.3) is 5.91 Å². The lowest BCUT2D eigenvalue weighted by atomic mass is 10.2. The van der Waals surface area contributed by atoms with Crippen molar-refractivity contribution in [3.8, 4) is 0 Å². The Morgan fingerprint density at radius 3 is 2.61 bits per heavy atom. The van der Waals surface area contributed by atoms with Crippen LogP contribution >= 0.6 is 0 Å². The Balaban J connectivity index is 1.80. The summed E-state index contributed by atoms with van der Waals surface area (Å²) >= 11 is 0.